The zero-order valence-electron chi connectivity index (χ0n) is 11.3. The van der Waals surface area contributed by atoms with Gasteiger partial charge in [0.2, 0.25) is 0 Å². The highest BCUT2D eigenvalue weighted by Crippen LogP contribution is 2.32. The van der Waals surface area contributed by atoms with Crippen LogP contribution in [0.1, 0.15) is 6.23 Å². The molecule has 1 aromatic rings. The third-order valence-electron chi connectivity index (χ3n) is 3.18. The summed E-state index contributed by atoms with van der Waals surface area (Å²) in [5, 5.41) is 9.35. The van der Waals surface area contributed by atoms with E-state index >= 15 is 0 Å². The van der Waals surface area contributed by atoms with Crippen LogP contribution < -0.4 is 22.7 Å². The molecule has 0 saturated carbocycles. The molecule has 1 aromatic heterocycles. The quantitative estimate of drug-likeness (QED) is 0.420. The monoisotopic (exact) mass is 302 g/mol. The van der Waals surface area contributed by atoms with Crippen LogP contribution in [0.5, 0.6) is 0 Å². The largest absolute Gasteiger partial charge is 0.394 e. The van der Waals surface area contributed by atoms with E-state index in [1.54, 1.807) is 0 Å². The Hall–Kier alpha value is -1.56. The van der Waals surface area contributed by atoms with Crippen molar-refractivity contribution in [3.8, 4) is 0 Å². The lowest BCUT2D eigenvalue weighted by atomic mass is 10.1. The predicted molar refractivity (Wildman–Crippen MR) is 70.2 cm³/mol. The van der Waals surface area contributed by atoms with Crippen molar-refractivity contribution in [1.29, 1.82) is 0 Å². The fourth-order valence-electron chi connectivity index (χ4n) is 2.30. The SMILES string of the molecule is COC1C(OC(N)N)[C@@H](CO)O[C@H]1n1ccc(=O)[nH]c1=O. The summed E-state index contributed by atoms with van der Waals surface area (Å²) in [6.45, 7) is -0.369. The van der Waals surface area contributed by atoms with E-state index in [1.165, 1.54) is 19.4 Å². The lowest BCUT2D eigenvalue weighted by Crippen LogP contribution is -2.46. The third-order valence-corrected chi connectivity index (χ3v) is 3.18. The zero-order valence-corrected chi connectivity index (χ0v) is 11.3. The minimum atomic E-state index is -1.09. The number of rotatable bonds is 5. The summed E-state index contributed by atoms with van der Waals surface area (Å²) in [4.78, 5) is 25.0. The van der Waals surface area contributed by atoms with Gasteiger partial charge in [-0.1, -0.05) is 0 Å². The van der Waals surface area contributed by atoms with E-state index in [2.05, 4.69) is 4.98 Å². The molecule has 10 nitrogen and oxygen atoms in total. The van der Waals surface area contributed by atoms with Gasteiger partial charge in [-0.2, -0.15) is 0 Å². The molecule has 1 fully saturated rings. The first kappa shape index (κ1) is 15.8. The van der Waals surface area contributed by atoms with Crippen LogP contribution in [0.15, 0.2) is 21.9 Å². The van der Waals surface area contributed by atoms with Gasteiger partial charge in [0.15, 0.2) is 12.6 Å². The summed E-state index contributed by atoms with van der Waals surface area (Å²) in [7, 11) is 1.40. The van der Waals surface area contributed by atoms with Gasteiger partial charge < -0.3 is 19.3 Å². The van der Waals surface area contributed by atoms with E-state index in [9.17, 15) is 14.7 Å². The normalized spacial score (nSPS) is 29.2. The van der Waals surface area contributed by atoms with Crippen LogP contribution in [0.3, 0.4) is 0 Å². The molecule has 2 unspecified atom stereocenters. The average molecular weight is 302 g/mol. The first-order valence-electron chi connectivity index (χ1n) is 6.25. The van der Waals surface area contributed by atoms with Crippen LogP contribution in [0.4, 0.5) is 0 Å². The molecule has 1 saturated heterocycles. The van der Waals surface area contributed by atoms with E-state index in [4.69, 9.17) is 25.7 Å². The standard InChI is InChI=1S/C11H18N4O6/c1-19-8-7(21-10(12)13)5(4-16)20-9(8)15-3-2-6(17)14-11(15)18/h2-3,5,7-10,16H,4,12-13H2,1H3,(H,14,17,18)/t5-,7?,8?,9-/m1/s1. The molecule has 0 spiro atoms. The fraction of sp³-hybridized carbons (Fsp3) is 0.636. The fourth-order valence-corrected chi connectivity index (χ4v) is 2.30. The lowest BCUT2D eigenvalue weighted by Gasteiger charge is -2.24. The number of hydrogen-bond donors (Lipinski definition) is 4. The molecule has 1 aliphatic heterocycles. The van der Waals surface area contributed by atoms with Crippen molar-refractivity contribution >= 4 is 0 Å². The maximum atomic E-state index is 11.8. The number of aromatic amines is 1. The Morgan fingerprint density at radius 2 is 2.19 bits per heavy atom. The number of aromatic nitrogens is 2. The maximum absolute atomic E-state index is 11.8. The Kier molecular flexibility index (Phi) is 4.88. The molecule has 10 heteroatoms. The minimum absolute atomic E-state index is 0.369. The van der Waals surface area contributed by atoms with Crippen molar-refractivity contribution in [2.75, 3.05) is 13.7 Å². The summed E-state index contributed by atoms with van der Waals surface area (Å²) >= 11 is 0. The molecular weight excluding hydrogens is 284 g/mol. The molecule has 0 amide bonds. The van der Waals surface area contributed by atoms with Crippen molar-refractivity contribution in [2.24, 2.45) is 11.5 Å². The first-order valence-corrected chi connectivity index (χ1v) is 6.25. The van der Waals surface area contributed by atoms with E-state index in [1.807, 2.05) is 0 Å². The number of nitrogens with two attached hydrogens (primary N) is 2. The average Bonchev–Trinajstić information content (AvgIpc) is 2.75. The van der Waals surface area contributed by atoms with E-state index in [0.717, 1.165) is 4.57 Å². The number of nitrogens with zero attached hydrogens (tertiary/aromatic N) is 1. The Balaban J connectivity index is 2.35. The summed E-state index contributed by atoms with van der Waals surface area (Å²) in [5.41, 5.74) is 9.58. The van der Waals surface area contributed by atoms with Crippen LogP contribution in [-0.4, -0.2) is 53.0 Å². The molecule has 0 aromatic carbocycles. The molecule has 0 radical (unpaired) electrons. The van der Waals surface area contributed by atoms with Gasteiger partial charge in [0.05, 0.1) is 6.61 Å². The molecule has 0 aliphatic carbocycles. The van der Waals surface area contributed by atoms with Gasteiger partial charge in [-0.25, -0.2) is 4.79 Å². The molecule has 1 aliphatic rings. The van der Waals surface area contributed by atoms with Crippen molar-refractivity contribution in [2.45, 2.75) is 30.9 Å². The third kappa shape index (κ3) is 3.20. The maximum Gasteiger partial charge on any atom is 0.330 e. The van der Waals surface area contributed by atoms with Gasteiger partial charge in [-0.3, -0.25) is 25.8 Å². The first-order chi connectivity index (χ1) is 9.97. The van der Waals surface area contributed by atoms with Gasteiger partial charge in [0, 0.05) is 19.4 Å². The molecule has 21 heavy (non-hydrogen) atoms. The van der Waals surface area contributed by atoms with Crippen molar-refractivity contribution in [3.63, 3.8) is 0 Å². The number of ether oxygens (including phenoxy) is 3. The Labute approximate surface area is 119 Å². The topological polar surface area (TPSA) is 155 Å². The van der Waals surface area contributed by atoms with Crippen LogP contribution >= 0.6 is 0 Å². The van der Waals surface area contributed by atoms with Crippen LogP contribution in [-0.2, 0) is 14.2 Å². The molecular formula is C11H18N4O6. The summed E-state index contributed by atoms with van der Waals surface area (Å²) in [6, 6.07) is 1.17. The molecule has 2 heterocycles. The number of methoxy groups -OCH3 is 1. The minimum Gasteiger partial charge on any atom is -0.394 e. The van der Waals surface area contributed by atoms with Gasteiger partial charge in [-0.15, -0.1) is 0 Å². The second kappa shape index (κ2) is 6.47. The highest BCUT2D eigenvalue weighted by Gasteiger charge is 2.47. The number of H-pyrrole nitrogens is 1. The summed E-state index contributed by atoms with van der Waals surface area (Å²) < 4.78 is 17.3. The molecule has 118 valence electrons. The second-order valence-electron chi connectivity index (χ2n) is 4.53. The second-order valence-corrected chi connectivity index (χ2v) is 4.53. The predicted octanol–water partition coefficient (Wildman–Crippen LogP) is -2.97. The van der Waals surface area contributed by atoms with Crippen LogP contribution in [0.25, 0.3) is 0 Å². The Bertz CT molecular complexity index is 585. The molecule has 6 N–H and O–H groups in total. The number of nitrogens with one attached hydrogen (secondary N) is 1. The van der Waals surface area contributed by atoms with Gasteiger partial charge in [0.1, 0.15) is 18.3 Å². The van der Waals surface area contributed by atoms with Crippen molar-refractivity contribution in [3.05, 3.63) is 33.1 Å². The van der Waals surface area contributed by atoms with Crippen LogP contribution in [0.2, 0.25) is 0 Å². The Morgan fingerprint density at radius 3 is 2.71 bits per heavy atom. The number of aliphatic hydroxyl groups excluding tert-OH is 1. The van der Waals surface area contributed by atoms with Crippen molar-refractivity contribution < 1.29 is 19.3 Å². The molecule has 0 bridgehead atoms. The van der Waals surface area contributed by atoms with E-state index < -0.39 is 42.1 Å². The number of hydrogen-bond acceptors (Lipinski definition) is 8. The zero-order chi connectivity index (χ0) is 15.6. The van der Waals surface area contributed by atoms with E-state index in [0.29, 0.717) is 0 Å². The smallest absolute Gasteiger partial charge is 0.330 e. The lowest BCUT2D eigenvalue weighted by molar-refractivity contribution is -0.0916. The molecule has 4 atom stereocenters. The van der Waals surface area contributed by atoms with Gasteiger partial charge in [-0.05, 0) is 0 Å². The Morgan fingerprint density at radius 1 is 1.48 bits per heavy atom. The van der Waals surface area contributed by atoms with Crippen LogP contribution in [0, 0.1) is 0 Å². The number of aliphatic hydroxyl groups is 1. The van der Waals surface area contributed by atoms with Crippen molar-refractivity contribution in [1.82, 2.24) is 9.55 Å². The highest BCUT2D eigenvalue weighted by atomic mass is 16.6. The highest BCUT2D eigenvalue weighted by molar-refractivity contribution is 4.94. The summed E-state index contributed by atoms with van der Waals surface area (Å²) in [6.07, 6.45) is -2.97. The van der Waals surface area contributed by atoms with Gasteiger partial charge in [0.25, 0.3) is 5.56 Å². The van der Waals surface area contributed by atoms with Gasteiger partial charge >= 0.3 is 5.69 Å². The summed E-state index contributed by atoms with van der Waals surface area (Å²) in [5.74, 6) is 0. The van der Waals surface area contributed by atoms with E-state index in [-0.39, 0.29) is 6.61 Å². The molecule has 2 rings (SSSR count).